The van der Waals surface area contributed by atoms with Gasteiger partial charge in [-0.2, -0.15) is 9.78 Å². The minimum Gasteiger partial charge on any atom is -0.322 e. The van der Waals surface area contributed by atoms with E-state index in [2.05, 4.69) is 10.00 Å². The summed E-state index contributed by atoms with van der Waals surface area (Å²) in [5, 5.41) is 5.67. The predicted octanol–water partition coefficient (Wildman–Crippen LogP) is 4.41. The van der Waals surface area contributed by atoms with E-state index in [0.717, 1.165) is 51.1 Å². The number of nitrogens with zero attached hydrogens (tertiary/aromatic N) is 4. The largest absolute Gasteiger partial charge is 0.344 e. The van der Waals surface area contributed by atoms with Crippen molar-refractivity contribution in [2.45, 2.75) is 19.4 Å². The lowest BCUT2D eigenvalue weighted by Gasteiger charge is -2.24. The highest BCUT2D eigenvalue weighted by molar-refractivity contribution is 6.42. The van der Waals surface area contributed by atoms with Crippen LogP contribution >= 0.6 is 34.8 Å². The van der Waals surface area contributed by atoms with Crippen LogP contribution < -0.4 is 0 Å². The monoisotopic (exact) mass is 412 g/mol. The lowest BCUT2D eigenvalue weighted by atomic mass is 9.86. The van der Waals surface area contributed by atoms with Crippen molar-refractivity contribution >= 4 is 40.8 Å². The second kappa shape index (κ2) is 7.04. The molecule has 1 aromatic carbocycles. The number of carbonyl (C=O) groups is 1. The maximum Gasteiger partial charge on any atom is 0.344 e. The van der Waals surface area contributed by atoms with Gasteiger partial charge in [-0.05, 0) is 37.1 Å². The van der Waals surface area contributed by atoms with Crippen LogP contribution in [0, 0.1) is 5.41 Å². The van der Waals surface area contributed by atoms with Crippen molar-refractivity contribution in [1.82, 2.24) is 19.6 Å². The molecule has 0 N–H and O–H groups in total. The number of carbonyl (C=O) groups excluding carboxylic acids is 1. The molecule has 5 nitrogen and oxygen atoms in total. The van der Waals surface area contributed by atoms with Gasteiger partial charge in [0.2, 0.25) is 0 Å². The minimum atomic E-state index is -0.100. The standard InChI is InChI=1S/C18H19Cl3N4O/c19-14-8-22-25(10-14)17(26)24-6-4-18(12-24)3-5-23(11-18)9-13-1-2-15(20)16(21)7-13/h1-2,7-8,10H,3-6,9,11-12H2/t18-/m1/s1. The summed E-state index contributed by atoms with van der Waals surface area (Å²) in [7, 11) is 0. The van der Waals surface area contributed by atoms with Gasteiger partial charge in [-0.25, -0.2) is 4.79 Å². The van der Waals surface area contributed by atoms with Gasteiger partial charge in [0.15, 0.2) is 0 Å². The van der Waals surface area contributed by atoms with Gasteiger partial charge in [0.05, 0.1) is 27.5 Å². The average Bonchev–Trinajstić information content (AvgIpc) is 3.32. The van der Waals surface area contributed by atoms with Crippen molar-refractivity contribution in [3.63, 3.8) is 0 Å². The van der Waals surface area contributed by atoms with E-state index in [1.54, 1.807) is 6.20 Å². The number of halogens is 3. The number of likely N-dealkylation sites (tertiary alicyclic amines) is 2. The van der Waals surface area contributed by atoms with Crippen molar-refractivity contribution in [2.75, 3.05) is 26.2 Å². The Morgan fingerprint density at radius 2 is 1.92 bits per heavy atom. The summed E-state index contributed by atoms with van der Waals surface area (Å²) in [6.07, 6.45) is 5.16. The summed E-state index contributed by atoms with van der Waals surface area (Å²) in [5.41, 5.74) is 1.33. The highest BCUT2D eigenvalue weighted by Crippen LogP contribution is 2.40. The first-order valence-electron chi connectivity index (χ1n) is 8.60. The van der Waals surface area contributed by atoms with E-state index < -0.39 is 0 Å². The normalized spacial score (nSPS) is 23.3. The number of rotatable bonds is 2. The summed E-state index contributed by atoms with van der Waals surface area (Å²) in [5.74, 6) is 0. The Hall–Kier alpha value is -1.27. The van der Waals surface area contributed by atoms with Gasteiger partial charge in [-0.15, -0.1) is 0 Å². The van der Waals surface area contributed by atoms with Crippen molar-refractivity contribution in [3.05, 3.63) is 51.2 Å². The molecule has 138 valence electrons. The van der Waals surface area contributed by atoms with Crippen LogP contribution in [0.2, 0.25) is 15.1 Å². The van der Waals surface area contributed by atoms with Crippen molar-refractivity contribution in [1.29, 1.82) is 0 Å². The quantitative estimate of drug-likeness (QED) is 0.732. The van der Waals surface area contributed by atoms with Crippen LogP contribution in [0.15, 0.2) is 30.6 Å². The van der Waals surface area contributed by atoms with E-state index in [-0.39, 0.29) is 11.4 Å². The lowest BCUT2D eigenvalue weighted by Crippen LogP contribution is -2.36. The Kier molecular flexibility index (Phi) is 4.90. The zero-order valence-corrected chi connectivity index (χ0v) is 16.4. The highest BCUT2D eigenvalue weighted by Gasteiger charge is 2.44. The molecule has 3 heterocycles. The number of hydrogen-bond donors (Lipinski definition) is 0. The Morgan fingerprint density at radius 1 is 1.12 bits per heavy atom. The molecule has 2 aliphatic rings. The molecule has 0 aliphatic carbocycles. The number of benzene rings is 1. The zero-order chi connectivity index (χ0) is 18.3. The SMILES string of the molecule is O=C(N1CC[C@@]2(CCN(Cc3ccc(Cl)c(Cl)c3)C2)C1)n1cc(Cl)cn1. The molecule has 1 amide bonds. The third kappa shape index (κ3) is 3.58. The molecule has 1 aromatic heterocycles. The predicted molar refractivity (Wildman–Crippen MR) is 103 cm³/mol. The molecule has 0 saturated carbocycles. The smallest absolute Gasteiger partial charge is 0.322 e. The minimum absolute atomic E-state index is 0.100. The molecule has 2 fully saturated rings. The van der Waals surface area contributed by atoms with E-state index in [1.165, 1.54) is 10.9 Å². The molecule has 2 saturated heterocycles. The zero-order valence-electron chi connectivity index (χ0n) is 14.2. The van der Waals surface area contributed by atoms with Crippen LogP contribution in [0.5, 0.6) is 0 Å². The molecule has 2 aliphatic heterocycles. The van der Waals surface area contributed by atoms with Gasteiger partial charge >= 0.3 is 6.03 Å². The Morgan fingerprint density at radius 3 is 2.65 bits per heavy atom. The van der Waals surface area contributed by atoms with Crippen LogP contribution in [-0.4, -0.2) is 51.8 Å². The molecule has 1 spiro atoms. The van der Waals surface area contributed by atoms with Gasteiger partial charge in [0.25, 0.3) is 0 Å². The second-order valence-electron chi connectivity index (χ2n) is 7.27. The Balaban J connectivity index is 1.38. The molecule has 0 unspecified atom stereocenters. The first-order chi connectivity index (χ1) is 12.4. The van der Waals surface area contributed by atoms with Crippen molar-refractivity contribution in [3.8, 4) is 0 Å². The fraction of sp³-hybridized carbons (Fsp3) is 0.444. The Labute approximate surface area is 167 Å². The van der Waals surface area contributed by atoms with E-state index >= 15 is 0 Å². The van der Waals surface area contributed by atoms with E-state index in [9.17, 15) is 4.79 Å². The fourth-order valence-electron chi connectivity index (χ4n) is 4.04. The third-order valence-corrected chi connectivity index (χ3v) is 6.30. The molecule has 1 atom stereocenters. The number of aromatic nitrogens is 2. The van der Waals surface area contributed by atoms with Gasteiger partial charge in [0, 0.05) is 31.6 Å². The van der Waals surface area contributed by atoms with Crippen LogP contribution in [0.3, 0.4) is 0 Å². The summed E-state index contributed by atoms with van der Waals surface area (Å²) < 4.78 is 1.32. The average molecular weight is 414 g/mol. The Bertz CT molecular complexity index is 840. The summed E-state index contributed by atoms with van der Waals surface area (Å²) >= 11 is 18.0. The first kappa shape index (κ1) is 18.1. The lowest BCUT2D eigenvalue weighted by molar-refractivity contribution is 0.196. The van der Waals surface area contributed by atoms with Gasteiger partial charge in [0.1, 0.15) is 0 Å². The van der Waals surface area contributed by atoms with Crippen molar-refractivity contribution in [2.24, 2.45) is 5.41 Å². The second-order valence-corrected chi connectivity index (χ2v) is 8.52. The molecule has 0 radical (unpaired) electrons. The molecule has 8 heteroatoms. The maximum absolute atomic E-state index is 12.6. The summed E-state index contributed by atoms with van der Waals surface area (Å²) in [6.45, 7) is 4.38. The molecular formula is C18H19Cl3N4O. The van der Waals surface area contributed by atoms with Crippen molar-refractivity contribution < 1.29 is 4.79 Å². The van der Waals surface area contributed by atoms with E-state index in [4.69, 9.17) is 34.8 Å². The number of hydrogen-bond acceptors (Lipinski definition) is 3. The molecule has 26 heavy (non-hydrogen) atoms. The van der Waals surface area contributed by atoms with Crippen LogP contribution in [-0.2, 0) is 6.54 Å². The van der Waals surface area contributed by atoms with Gasteiger partial charge in [-0.3, -0.25) is 4.90 Å². The van der Waals surface area contributed by atoms with Gasteiger partial charge < -0.3 is 4.90 Å². The molecule has 2 aromatic rings. The summed E-state index contributed by atoms with van der Waals surface area (Å²) in [4.78, 5) is 16.9. The van der Waals surface area contributed by atoms with Gasteiger partial charge in [-0.1, -0.05) is 40.9 Å². The summed E-state index contributed by atoms with van der Waals surface area (Å²) in [6, 6.07) is 5.69. The maximum atomic E-state index is 12.6. The first-order valence-corrected chi connectivity index (χ1v) is 9.73. The topological polar surface area (TPSA) is 41.4 Å². The van der Waals surface area contributed by atoms with E-state index in [0.29, 0.717) is 15.1 Å². The fourth-order valence-corrected chi connectivity index (χ4v) is 4.50. The number of amides is 1. The highest BCUT2D eigenvalue weighted by atomic mass is 35.5. The van der Waals surface area contributed by atoms with E-state index in [1.807, 2.05) is 23.1 Å². The molecular weight excluding hydrogens is 395 g/mol. The van der Waals surface area contributed by atoms with Crippen LogP contribution in [0.25, 0.3) is 0 Å². The van der Waals surface area contributed by atoms with Crippen LogP contribution in [0.1, 0.15) is 18.4 Å². The molecule has 4 rings (SSSR count). The molecule has 0 bridgehead atoms. The third-order valence-electron chi connectivity index (χ3n) is 5.36. The van der Waals surface area contributed by atoms with Crippen LogP contribution in [0.4, 0.5) is 4.79 Å².